The van der Waals surface area contributed by atoms with Gasteiger partial charge in [0.2, 0.25) is 0 Å². The van der Waals surface area contributed by atoms with Gasteiger partial charge in [0, 0.05) is 33.8 Å². The fraction of sp³-hybridized carbons (Fsp3) is 0.400. The van der Waals surface area contributed by atoms with Gasteiger partial charge in [-0.25, -0.2) is 4.79 Å². The molecule has 10 heteroatoms. The van der Waals surface area contributed by atoms with Crippen LogP contribution < -0.4 is 10.1 Å². The number of anilines is 1. The van der Waals surface area contributed by atoms with Crippen LogP contribution in [0.5, 0.6) is 6.01 Å². The van der Waals surface area contributed by atoms with Crippen LogP contribution in [0.4, 0.5) is 14.6 Å². The van der Waals surface area contributed by atoms with Crippen molar-refractivity contribution in [2.24, 2.45) is 0 Å². The van der Waals surface area contributed by atoms with Gasteiger partial charge in [0.25, 0.3) is 0 Å². The monoisotopic (exact) mass is 529 g/mol. The van der Waals surface area contributed by atoms with E-state index in [1.165, 1.54) is 32.2 Å². The molecular formula is C25H31Cl2F2N3O3. The molecule has 0 radical (unpaired) electrons. The van der Waals surface area contributed by atoms with Crippen molar-refractivity contribution in [1.82, 2.24) is 9.97 Å². The summed E-state index contributed by atoms with van der Waals surface area (Å²) >= 11 is 11.2. The zero-order valence-electron chi connectivity index (χ0n) is 20.6. The molecule has 1 N–H and O–H groups in total. The minimum absolute atomic E-state index is 0.0855. The molecule has 0 bridgehead atoms. The van der Waals surface area contributed by atoms with Crippen LogP contribution in [0, 0.1) is 0 Å². The highest BCUT2D eigenvalue weighted by molar-refractivity contribution is 6.29. The Morgan fingerprint density at radius 3 is 2.37 bits per heavy atom. The van der Waals surface area contributed by atoms with E-state index in [1.54, 1.807) is 19.1 Å². The Bertz CT molecular complexity index is 1040. The normalized spacial score (nSPS) is 11.6. The van der Waals surface area contributed by atoms with Gasteiger partial charge in [-0.1, -0.05) is 60.5 Å². The van der Waals surface area contributed by atoms with Crippen molar-refractivity contribution in [3.8, 4) is 17.3 Å². The first-order valence-corrected chi connectivity index (χ1v) is 11.7. The molecule has 0 atom stereocenters. The van der Waals surface area contributed by atoms with E-state index < -0.39 is 17.5 Å². The molecule has 2 rings (SSSR count). The number of esters is 1. The largest absolute Gasteiger partial charge is 0.467 e. The number of hydrogen-bond acceptors (Lipinski definition) is 6. The Morgan fingerprint density at radius 1 is 1.17 bits per heavy atom. The molecule has 6 nitrogen and oxygen atoms in total. The summed E-state index contributed by atoms with van der Waals surface area (Å²) in [5.41, 5.74) is 1.40. The fourth-order valence-electron chi connectivity index (χ4n) is 2.90. The zero-order valence-corrected chi connectivity index (χ0v) is 22.1. The topological polar surface area (TPSA) is 73.3 Å². The van der Waals surface area contributed by atoms with Crippen molar-refractivity contribution >= 4 is 35.0 Å². The molecule has 0 saturated heterocycles. The minimum atomic E-state index is -3.77. The third kappa shape index (κ3) is 9.82. The Kier molecular flexibility index (Phi) is 12.7. The number of carbonyl (C=O) groups excluding carboxylic acids is 1. The number of ether oxygens (including phenoxy) is 2. The van der Waals surface area contributed by atoms with Gasteiger partial charge >= 0.3 is 17.9 Å². The first-order valence-electron chi connectivity index (χ1n) is 10.9. The van der Waals surface area contributed by atoms with Crippen molar-refractivity contribution in [1.29, 1.82) is 0 Å². The predicted molar refractivity (Wildman–Crippen MR) is 137 cm³/mol. The molecule has 0 aliphatic heterocycles. The van der Waals surface area contributed by atoms with E-state index in [1.807, 2.05) is 13.8 Å². The Labute approximate surface area is 215 Å². The molecule has 0 aliphatic carbocycles. The van der Waals surface area contributed by atoms with E-state index in [2.05, 4.69) is 26.6 Å². The van der Waals surface area contributed by atoms with E-state index in [9.17, 15) is 13.6 Å². The molecule has 0 amide bonds. The lowest BCUT2D eigenvalue weighted by Crippen LogP contribution is -2.28. The lowest BCUT2D eigenvalue weighted by atomic mass is 10.0. The van der Waals surface area contributed by atoms with Crippen LogP contribution in [0.3, 0.4) is 0 Å². The third-order valence-electron chi connectivity index (χ3n) is 4.59. The maximum absolute atomic E-state index is 14.4. The number of rotatable bonds is 10. The number of nitrogens with zero attached hydrogens (tertiary/aromatic N) is 2. The number of aromatic nitrogens is 2. The first-order chi connectivity index (χ1) is 16.5. The van der Waals surface area contributed by atoms with E-state index in [0.717, 1.165) is 23.4 Å². The minimum Gasteiger partial charge on any atom is -0.467 e. The number of allylic oxidation sites excluding steroid dienone is 2. The summed E-state index contributed by atoms with van der Waals surface area (Å²) in [6.45, 7) is 10.9. The van der Waals surface area contributed by atoms with Gasteiger partial charge in [0.05, 0.1) is 19.4 Å². The zero-order chi connectivity index (χ0) is 26.6. The van der Waals surface area contributed by atoms with Crippen LogP contribution in [-0.4, -0.2) is 36.2 Å². The number of methoxy groups -OCH3 is 1. The number of nitrogens with one attached hydrogen (secondary N) is 1. The lowest BCUT2D eigenvalue weighted by Gasteiger charge is -2.16. The van der Waals surface area contributed by atoms with Crippen LogP contribution in [0.15, 0.2) is 52.5 Å². The quantitative estimate of drug-likeness (QED) is 0.325. The van der Waals surface area contributed by atoms with Crippen molar-refractivity contribution in [2.45, 2.75) is 46.5 Å². The van der Waals surface area contributed by atoms with Crippen LogP contribution in [-0.2, 0) is 15.5 Å². The Morgan fingerprint density at radius 2 is 1.83 bits per heavy atom. The second-order valence-corrected chi connectivity index (χ2v) is 8.56. The van der Waals surface area contributed by atoms with Crippen LogP contribution >= 0.6 is 23.2 Å². The molecule has 0 spiro atoms. The molecule has 1 heterocycles. The number of halogens is 4. The van der Waals surface area contributed by atoms with Gasteiger partial charge in [-0.3, -0.25) is 0 Å². The van der Waals surface area contributed by atoms with Crippen molar-refractivity contribution in [3.05, 3.63) is 58.1 Å². The van der Waals surface area contributed by atoms with Crippen LogP contribution in [0.25, 0.3) is 11.3 Å². The molecule has 35 heavy (non-hydrogen) atoms. The predicted octanol–water partition coefficient (Wildman–Crippen LogP) is 7.29. The number of hydrogen-bond donors (Lipinski definition) is 1. The second-order valence-electron chi connectivity index (χ2n) is 7.34. The highest BCUT2D eigenvalue weighted by Crippen LogP contribution is 2.33. The second kappa shape index (κ2) is 14.6. The van der Waals surface area contributed by atoms with Crippen LogP contribution in [0.1, 0.15) is 46.1 Å². The standard InChI is InChI=1S/C22H26ClF2N3O3.C3H5Cl/c1-5-15(14(3)23)10-11-26-19-13-18(27-21(28-19)30-4)16-8-7-9-17(12-16)22(24,25)20(29)31-6-2;1-3(2)4/h7-9,12-13H,5-6,10-11H2,1-4H3,(H,26,27,28);1H2,2H3/b15-14-;. The van der Waals surface area contributed by atoms with Gasteiger partial charge in [-0.2, -0.15) is 18.7 Å². The van der Waals surface area contributed by atoms with Gasteiger partial charge in [0.15, 0.2) is 0 Å². The molecule has 0 aliphatic rings. The van der Waals surface area contributed by atoms with E-state index >= 15 is 0 Å². The molecule has 0 saturated carbocycles. The highest BCUT2D eigenvalue weighted by atomic mass is 35.5. The van der Waals surface area contributed by atoms with Gasteiger partial charge in [0.1, 0.15) is 5.82 Å². The SMILES string of the molecule is C=C(C)Cl.CCOC(=O)C(F)(F)c1cccc(-c2cc(NCC/C(CC)=C(/C)Cl)nc(OC)n2)c1. The summed E-state index contributed by atoms with van der Waals surface area (Å²) < 4.78 is 38.5. The Hall–Kier alpha value is -2.71. The molecule has 1 aromatic carbocycles. The molecule has 1 aromatic heterocycles. The molecular weight excluding hydrogens is 499 g/mol. The van der Waals surface area contributed by atoms with Crippen LogP contribution in [0.2, 0.25) is 0 Å². The number of alkyl halides is 2. The van der Waals surface area contributed by atoms with Crippen molar-refractivity contribution < 1.29 is 23.0 Å². The molecule has 2 aromatic rings. The van der Waals surface area contributed by atoms with E-state index in [0.29, 0.717) is 28.7 Å². The average Bonchev–Trinajstić information content (AvgIpc) is 2.81. The lowest BCUT2D eigenvalue weighted by molar-refractivity contribution is -0.173. The van der Waals surface area contributed by atoms with Gasteiger partial charge in [-0.15, -0.1) is 0 Å². The maximum atomic E-state index is 14.4. The average molecular weight is 530 g/mol. The summed E-state index contributed by atoms with van der Waals surface area (Å²) in [5, 5.41) is 4.59. The van der Waals surface area contributed by atoms with Gasteiger partial charge in [-0.05, 0) is 39.7 Å². The summed E-state index contributed by atoms with van der Waals surface area (Å²) in [4.78, 5) is 20.2. The van der Waals surface area contributed by atoms with Crippen molar-refractivity contribution in [3.63, 3.8) is 0 Å². The van der Waals surface area contributed by atoms with E-state index in [4.69, 9.17) is 27.9 Å². The van der Waals surface area contributed by atoms with Crippen molar-refractivity contribution in [2.75, 3.05) is 25.6 Å². The summed E-state index contributed by atoms with van der Waals surface area (Å²) in [5.74, 6) is -4.89. The third-order valence-corrected chi connectivity index (χ3v) is 4.86. The van der Waals surface area contributed by atoms with E-state index in [-0.39, 0.29) is 12.6 Å². The molecule has 0 fully saturated rings. The molecule has 192 valence electrons. The first kappa shape index (κ1) is 30.3. The maximum Gasteiger partial charge on any atom is 0.381 e. The number of benzene rings is 1. The summed E-state index contributed by atoms with van der Waals surface area (Å²) in [7, 11) is 1.42. The fourth-order valence-corrected chi connectivity index (χ4v) is 3.13. The number of carbonyl (C=O) groups is 1. The van der Waals surface area contributed by atoms with Gasteiger partial charge < -0.3 is 14.8 Å². The summed E-state index contributed by atoms with van der Waals surface area (Å²) in [6.07, 6.45) is 1.57. The molecule has 0 unspecified atom stereocenters. The Balaban J connectivity index is 0.00000142. The summed E-state index contributed by atoms with van der Waals surface area (Å²) in [6, 6.07) is 7.14. The smallest absolute Gasteiger partial charge is 0.381 e. The highest BCUT2D eigenvalue weighted by Gasteiger charge is 2.42.